The molecule has 0 bridgehead atoms. The predicted octanol–water partition coefficient (Wildman–Crippen LogP) is 2.51. The highest BCUT2D eigenvalue weighted by atomic mass is 16.3. The zero-order valence-electron chi connectivity index (χ0n) is 11.2. The summed E-state index contributed by atoms with van der Waals surface area (Å²) in [5.41, 5.74) is 14.8. The van der Waals surface area contributed by atoms with Gasteiger partial charge in [-0.15, -0.1) is 0 Å². The second-order valence-electron chi connectivity index (χ2n) is 5.64. The molecule has 0 saturated heterocycles. The Morgan fingerprint density at radius 3 is 2.78 bits per heavy atom. The smallest absolute Gasteiger partial charge is 0.192 e. The van der Waals surface area contributed by atoms with Gasteiger partial charge in [-0.25, -0.2) is 4.98 Å². The van der Waals surface area contributed by atoms with Crippen LogP contribution in [0, 0.1) is 12.3 Å². The van der Waals surface area contributed by atoms with Gasteiger partial charge in [0.05, 0.1) is 0 Å². The number of aromatic nitrogens is 1. The number of nitrogens with two attached hydrogens (primary N) is 2. The molecule has 4 nitrogen and oxygen atoms in total. The van der Waals surface area contributed by atoms with Crippen molar-refractivity contribution in [2.24, 2.45) is 16.9 Å². The molecule has 0 spiro atoms. The van der Waals surface area contributed by atoms with E-state index in [4.69, 9.17) is 15.9 Å². The SMILES string of the molecule is Cc1nc2ccc(C(N)CC(C)(C)CN)cc2o1. The molecule has 98 valence electrons. The number of fused-ring (bicyclic) bond motifs is 1. The number of hydrogen-bond acceptors (Lipinski definition) is 4. The Labute approximate surface area is 107 Å². The van der Waals surface area contributed by atoms with E-state index in [0.29, 0.717) is 12.4 Å². The van der Waals surface area contributed by atoms with E-state index < -0.39 is 0 Å². The molecule has 4 N–H and O–H groups in total. The lowest BCUT2D eigenvalue weighted by atomic mass is 9.84. The van der Waals surface area contributed by atoms with E-state index in [1.807, 2.05) is 25.1 Å². The summed E-state index contributed by atoms with van der Waals surface area (Å²) in [5, 5.41) is 0. The van der Waals surface area contributed by atoms with Crippen molar-refractivity contribution < 1.29 is 4.42 Å². The third kappa shape index (κ3) is 2.71. The topological polar surface area (TPSA) is 78.1 Å². The van der Waals surface area contributed by atoms with Crippen molar-refractivity contribution in [3.63, 3.8) is 0 Å². The van der Waals surface area contributed by atoms with Gasteiger partial charge in [0.15, 0.2) is 11.5 Å². The molecule has 0 amide bonds. The number of nitrogens with zero attached hydrogens (tertiary/aromatic N) is 1. The van der Waals surface area contributed by atoms with Gasteiger partial charge in [-0.3, -0.25) is 0 Å². The maximum absolute atomic E-state index is 6.24. The Kier molecular flexibility index (Phi) is 3.41. The first kappa shape index (κ1) is 13.1. The third-order valence-electron chi connectivity index (χ3n) is 3.27. The van der Waals surface area contributed by atoms with Crippen LogP contribution in [0.15, 0.2) is 22.6 Å². The zero-order chi connectivity index (χ0) is 13.3. The quantitative estimate of drug-likeness (QED) is 0.870. The van der Waals surface area contributed by atoms with Gasteiger partial charge in [-0.2, -0.15) is 0 Å². The number of oxazole rings is 1. The van der Waals surface area contributed by atoms with Crippen LogP contribution in [0.4, 0.5) is 0 Å². The molecule has 1 aromatic heterocycles. The van der Waals surface area contributed by atoms with Crippen LogP contribution in [-0.2, 0) is 0 Å². The van der Waals surface area contributed by atoms with Crippen LogP contribution in [0.3, 0.4) is 0 Å². The van der Waals surface area contributed by atoms with E-state index in [-0.39, 0.29) is 11.5 Å². The molecule has 1 heterocycles. The van der Waals surface area contributed by atoms with Crippen molar-refractivity contribution in [1.29, 1.82) is 0 Å². The van der Waals surface area contributed by atoms with Gasteiger partial charge in [0, 0.05) is 13.0 Å². The van der Waals surface area contributed by atoms with Gasteiger partial charge in [0.25, 0.3) is 0 Å². The monoisotopic (exact) mass is 247 g/mol. The minimum Gasteiger partial charge on any atom is -0.441 e. The fourth-order valence-corrected chi connectivity index (χ4v) is 2.08. The van der Waals surface area contributed by atoms with Crippen LogP contribution in [0.1, 0.15) is 37.8 Å². The summed E-state index contributed by atoms with van der Waals surface area (Å²) in [6.07, 6.45) is 0.849. The van der Waals surface area contributed by atoms with Gasteiger partial charge < -0.3 is 15.9 Å². The lowest BCUT2D eigenvalue weighted by Gasteiger charge is -2.26. The lowest BCUT2D eigenvalue weighted by Crippen LogP contribution is -2.28. The largest absolute Gasteiger partial charge is 0.441 e. The average molecular weight is 247 g/mol. The normalized spacial score (nSPS) is 14.1. The second-order valence-corrected chi connectivity index (χ2v) is 5.64. The fourth-order valence-electron chi connectivity index (χ4n) is 2.08. The Balaban J connectivity index is 2.25. The zero-order valence-corrected chi connectivity index (χ0v) is 11.2. The van der Waals surface area contributed by atoms with Gasteiger partial charge in [-0.05, 0) is 36.1 Å². The third-order valence-corrected chi connectivity index (χ3v) is 3.27. The van der Waals surface area contributed by atoms with Crippen LogP contribution in [0.25, 0.3) is 11.1 Å². The van der Waals surface area contributed by atoms with Crippen LogP contribution in [-0.4, -0.2) is 11.5 Å². The van der Waals surface area contributed by atoms with Crippen molar-refractivity contribution in [1.82, 2.24) is 4.98 Å². The molecule has 0 radical (unpaired) electrons. The molecular formula is C14H21N3O. The molecule has 1 aromatic carbocycles. The molecule has 0 aliphatic heterocycles. The van der Waals surface area contributed by atoms with Gasteiger partial charge in [0.1, 0.15) is 5.52 Å². The molecular weight excluding hydrogens is 226 g/mol. The maximum atomic E-state index is 6.24. The molecule has 0 fully saturated rings. The first-order valence-electron chi connectivity index (χ1n) is 6.24. The minimum atomic E-state index is -0.0293. The summed E-state index contributed by atoms with van der Waals surface area (Å²) in [7, 11) is 0. The summed E-state index contributed by atoms with van der Waals surface area (Å²) in [4.78, 5) is 4.28. The molecule has 0 saturated carbocycles. The summed E-state index contributed by atoms with van der Waals surface area (Å²) >= 11 is 0. The first-order valence-corrected chi connectivity index (χ1v) is 6.24. The van der Waals surface area contributed by atoms with Crippen molar-refractivity contribution in [3.8, 4) is 0 Å². The molecule has 1 atom stereocenters. The Bertz CT molecular complexity index is 545. The minimum absolute atomic E-state index is 0.0293. The Hall–Kier alpha value is -1.39. The maximum Gasteiger partial charge on any atom is 0.192 e. The van der Waals surface area contributed by atoms with Crippen LogP contribution in [0.5, 0.6) is 0 Å². The first-order chi connectivity index (χ1) is 8.41. The van der Waals surface area contributed by atoms with Crippen molar-refractivity contribution >= 4 is 11.1 Å². The van der Waals surface area contributed by atoms with E-state index in [0.717, 1.165) is 23.1 Å². The van der Waals surface area contributed by atoms with E-state index in [2.05, 4.69) is 18.8 Å². The van der Waals surface area contributed by atoms with Crippen molar-refractivity contribution in [3.05, 3.63) is 29.7 Å². The molecule has 4 heteroatoms. The van der Waals surface area contributed by atoms with E-state index in [1.165, 1.54) is 0 Å². The van der Waals surface area contributed by atoms with Crippen LogP contribution in [0.2, 0.25) is 0 Å². The standard InChI is InChI=1S/C14H21N3O/c1-9-17-12-5-4-10(6-13(12)18-9)11(16)7-14(2,3)8-15/h4-6,11H,7-8,15-16H2,1-3H3. The van der Waals surface area contributed by atoms with Gasteiger partial charge >= 0.3 is 0 Å². The van der Waals surface area contributed by atoms with E-state index >= 15 is 0 Å². The number of hydrogen-bond donors (Lipinski definition) is 2. The summed E-state index contributed by atoms with van der Waals surface area (Å²) < 4.78 is 5.52. The Morgan fingerprint density at radius 1 is 1.39 bits per heavy atom. The van der Waals surface area contributed by atoms with Crippen molar-refractivity contribution in [2.45, 2.75) is 33.2 Å². The molecule has 0 aliphatic rings. The molecule has 2 aromatic rings. The number of rotatable bonds is 4. The van der Waals surface area contributed by atoms with Gasteiger partial charge in [0.2, 0.25) is 0 Å². The predicted molar refractivity (Wildman–Crippen MR) is 73.1 cm³/mol. The molecule has 1 unspecified atom stereocenters. The lowest BCUT2D eigenvalue weighted by molar-refractivity contribution is 0.317. The molecule has 2 rings (SSSR count). The van der Waals surface area contributed by atoms with Crippen molar-refractivity contribution in [2.75, 3.05) is 6.54 Å². The molecule has 0 aliphatic carbocycles. The average Bonchev–Trinajstić information content (AvgIpc) is 2.67. The van der Waals surface area contributed by atoms with E-state index in [1.54, 1.807) is 0 Å². The fraction of sp³-hybridized carbons (Fsp3) is 0.500. The van der Waals surface area contributed by atoms with Crippen LogP contribution >= 0.6 is 0 Å². The van der Waals surface area contributed by atoms with E-state index in [9.17, 15) is 0 Å². The number of benzene rings is 1. The van der Waals surface area contributed by atoms with Gasteiger partial charge in [-0.1, -0.05) is 19.9 Å². The second kappa shape index (κ2) is 4.71. The number of aryl methyl sites for hydroxylation is 1. The van der Waals surface area contributed by atoms with Crippen LogP contribution < -0.4 is 11.5 Å². The summed E-state index contributed by atoms with van der Waals surface area (Å²) in [6, 6.07) is 5.92. The molecule has 18 heavy (non-hydrogen) atoms. The highest BCUT2D eigenvalue weighted by Gasteiger charge is 2.21. The highest BCUT2D eigenvalue weighted by molar-refractivity contribution is 5.73. The summed E-state index contributed by atoms with van der Waals surface area (Å²) in [6.45, 7) is 6.73. The summed E-state index contributed by atoms with van der Waals surface area (Å²) in [5.74, 6) is 0.679. The highest BCUT2D eigenvalue weighted by Crippen LogP contribution is 2.29. The Morgan fingerprint density at radius 2 is 2.11 bits per heavy atom.